The lowest BCUT2D eigenvalue weighted by Gasteiger charge is -2.15. The van der Waals surface area contributed by atoms with Gasteiger partial charge in [0, 0.05) is 13.0 Å². The third-order valence-corrected chi connectivity index (χ3v) is 2.63. The minimum absolute atomic E-state index is 0.0718. The van der Waals surface area contributed by atoms with Gasteiger partial charge in [0.25, 0.3) is 0 Å². The van der Waals surface area contributed by atoms with Crippen molar-refractivity contribution in [2.24, 2.45) is 5.92 Å². The van der Waals surface area contributed by atoms with Crippen LogP contribution in [0.2, 0.25) is 0 Å². The van der Waals surface area contributed by atoms with Crippen molar-refractivity contribution < 1.29 is 19.5 Å². The van der Waals surface area contributed by atoms with Gasteiger partial charge in [0.2, 0.25) is 5.91 Å². The number of aliphatic carboxylic acids is 1. The van der Waals surface area contributed by atoms with Crippen LogP contribution in [0, 0.1) is 5.92 Å². The van der Waals surface area contributed by atoms with E-state index < -0.39 is 5.97 Å². The summed E-state index contributed by atoms with van der Waals surface area (Å²) in [4.78, 5) is 33.9. The van der Waals surface area contributed by atoms with Gasteiger partial charge in [-0.2, -0.15) is 0 Å². The highest BCUT2D eigenvalue weighted by Gasteiger charge is 2.28. The van der Waals surface area contributed by atoms with Gasteiger partial charge in [-0.25, -0.2) is 4.79 Å². The van der Waals surface area contributed by atoms with Gasteiger partial charge in [0.1, 0.15) is 0 Å². The number of carbonyl (C=O) groups excluding carboxylic acids is 2. The smallest absolute Gasteiger partial charge is 0.324 e. The molecule has 1 unspecified atom stereocenters. The van der Waals surface area contributed by atoms with E-state index in [4.69, 9.17) is 5.11 Å². The second-order valence-corrected chi connectivity index (χ2v) is 4.03. The van der Waals surface area contributed by atoms with Crippen molar-refractivity contribution in [1.82, 2.24) is 10.2 Å². The fraction of sp³-hybridized carbons (Fsp3) is 0.700. The Morgan fingerprint density at radius 2 is 2.19 bits per heavy atom. The van der Waals surface area contributed by atoms with Crippen LogP contribution in [0.15, 0.2) is 0 Å². The lowest BCUT2D eigenvalue weighted by molar-refractivity contribution is -0.137. The monoisotopic (exact) mass is 228 g/mol. The molecular formula is C10H16N2O4. The average Bonchev–Trinajstić information content (AvgIpc) is 2.53. The standard InChI is InChI=1S/C10H16N2O4/c1-7(2-3-9(14)15)4-5-12-8(13)6-11-10(12)16/h7H,2-6H2,1H3,(H,11,16)(H,14,15). The number of nitrogens with one attached hydrogen (secondary N) is 1. The first-order chi connectivity index (χ1) is 7.50. The molecule has 1 aliphatic heterocycles. The Balaban J connectivity index is 2.25. The normalized spacial score (nSPS) is 17.4. The molecule has 3 amide bonds. The van der Waals surface area contributed by atoms with E-state index in [2.05, 4.69) is 5.32 Å². The second-order valence-electron chi connectivity index (χ2n) is 4.03. The maximum absolute atomic E-state index is 11.2. The minimum atomic E-state index is -0.818. The molecule has 6 heteroatoms. The highest BCUT2D eigenvalue weighted by Crippen LogP contribution is 2.12. The lowest BCUT2D eigenvalue weighted by Crippen LogP contribution is -2.32. The summed E-state index contributed by atoms with van der Waals surface area (Å²) in [5.41, 5.74) is 0. The molecule has 6 nitrogen and oxygen atoms in total. The highest BCUT2D eigenvalue weighted by molar-refractivity contribution is 6.01. The maximum atomic E-state index is 11.2. The van der Waals surface area contributed by atoms with E-state index in [1.54, 1.807) is 0 Å². The molecule has 1 saturated heterocycles. The summed E-state index contributed by atoms with van der Waals surface area (Å²) in [6, 6.07) is -0.351. The zero-order chi connectivity index (χ0) is 12.1. The van der Waals surface area contributed by atoms with Crippen LogP contribution in [0.25, 0.3) is 0 Å². The van der Waals surface area contributed by atoms with Gasteiger partial charge >= 0.3 is 12.0 Å². The molecule has 0 bridgehead atoms. The molecule has 90 valence electrons. The predicted molar refractivity (Wildman–Crippen MR) is 55.8 cm³/mol. The first kappa shape index (κ1) is 12.5. The molecule has 16 heavy (non-hydrogen) atoms. The summed E-state index contributed by atoms with van der Waals surface area (Å²) in [6.45, 7) is 2.36. The Morgan fingerprint density at radius 3 is 2.69 bits per heavy atom. The molecule has 1 heterocycles. The van der Waals surface area contributed by atoms with Gasteiger partial charge in [0.15, 0.2) is 0 Å². The predicted octanol–water partition coefficient (Wildman–Crippen LogP) is 0.429. The van der Waals surface area contributed by atoms with Gasteiger partial charge in [-0.3, -0.25) is 14.5 Å². The van der Waals surface area contributed by atoms with Crippen LogP contribution in [0.3, 0.4) is 0 Å². The quantitative estimate of drug-likeness (QED) is 0.645. The SMILES string of the molecule is CC(CCC(=O)O)CCN1C(=O)CNC1=O. The molecule has 1 fully saturated rings. The Hall–Kier alpha value is -1.59. The maximum Gasteiger partial charge on any atom is 0.324 e. The van der Waals surface area contributed by atoms with E-state index in [-0.39, 0.29) is 30.8 Å². The number of carboxylic acid groups (broad SMARTS) is 1. The van der Waals surface area contributed by atoms with Crippen LogP contribution in [-0.2, 0) is 9.59 Å². The van der Waals surface area contributed by atoms with Gasteiger partial charge in [-0.15, -0.1) is 0 Å². The van der Waals surface area contributed by atoms with Crippen LogP contribution < -0.4 is 5.32 Å². The van der Waals surface area contributed by atoms with Crippen LogP contribution in [0.5, 0.6) is 0 Å². The number of imide groups is 1. The summed E-state index contributed by atoms with van der Waals surface area (Å²) in [5, 5.41) is 10.9. The number of rotatable bonds is 6. The molecular weight excluding hydrogens is 212 g/mol. The number of nitrogens with zero attached hydrogens (tertiary/aromatic N) is 1. The Labute approximate surface area is 93.6 Å². The van der Waals surface area contributed by atoms with Crippen molar-refractivity contribution in [1.29, 1.82) is 0 Å². The van der Waals surface area contributed by atoms with Crippen molar-refractivity contribution >= 4 is 17.9 Å². The molecule has 0 radical (unpaired) electrons. The number of carboxylic acids is 1. The number of urea groups is 1. The Morgan fingerprint density at radius 1 is 1.50 bits per heavy atom. The summed E-state index contributed by atoms with van der Waals surface area (Å²) in [7, 11) is 0. The van der Waals surface area contributed by atoms with Crippen molar-refractivity contribution in [3.05, 3.63) is 0 Å². The molecule has 0 aliphatic carbocycles. The van der Waals surface area contributed by atoms with E-state index in [1.165, 1.54) is 4.90 Å². The molecule has 0 aromatic rings. The number of amides is 3. The Bertz CT molecular complexity index is 287. The molecule has 0 spiro atoms. The van der Waals surface area contributed by atoms with Crippen LogP contribution in [-0.4, -0.2) is 41.0 Å². The summed E-state index contributed by atoms with van der Waals surface area (Å²) >= 11 is 0. The summed E-state index contributed by atoms with van der Waals surface area (Å²) in [5.74, 6) is -0.838. The van der Waals surface area contributed by atoms with E-state index in [0.29, 0.717) is 19.4 Å². The fourth-order valence-electron chi connectivity index (χ4n) is 1.55. The second kappa shape index (κ2) is 5.48. The summed E-state index contributed by atoms with van der Waals surface area (Å²) in [6.07, 6.45) is 1.34. The zero-order valence-corrected chi connectivity index (χ0v) is 9.23. The molecule has 1 atom stereocenters. The van der Waals surface area contributed by atoms with E-state index >= 15 is 0 Å². The number of hydrogen-bond donors (Lipinski definition) is 2. The molecule has 0 aromatic heterocycles. The third kappa shape index (κ3) is 3.52. The first-order valence-corrected chi connectivity index (χ1v) is 5.30. The molecule has 1 aliphatic rings. The van der Waals surface area contributed by atoms with Crippen LogP contribution in [0.4, 0.5) is 4.79 Å². The van der Waals surface area contributed by atoms with Crippen molar-refractivity contribution in [2.45, 2.75) is 26.2 Å². The van der Waals surface area contributed by atoms with Crippen LogP contribution in [0.1, 0.15) is 26.2 Å². The summed E-state index contributed by atoms with van der Waals surface area (Å²) < 4.78 is 0. The van der Waals surface area contributed by atoms with E-state index in [9.17, 15) is 14.4 Å². The van der Waals surface area contributed by atoms with Crippen LogP contribution >= 0.6 is 0 Å². The molecule has 0 aromatic carbocycles. The lowest BCUT2D eigenvalue weighted by atomic mass is 10.0. The largest absolute Gasteiger partial charge is 0.481 e. The van der Waals surface area contributed by atoms with Gasteiger partial charge in [0.05, 0.1) is 6.54 Å². The first-order valence-electron chi connectivity index (χ1n) is 5.30. The molecule has 2 N–H and O–H groups in total. The molecule has 1 rings (SSSR count). The third-order valence-electron chi connectivity index (χ3n) is 2.63. The van der Waals surface area contributed by atoms with Crippen molar-refractivity contribution in [3.63, 3.8) is 0 Å². The number of carbonyl (C=O) groups is 3. The average molecular weight is 228 g/mol. The van der Waals surface area contributed by atoms with Gasteiger partial charge < -0.3 is 10.4 Å². The van der Waals surface area contributed by atoms with Crippen molar-refractivity contribution in [2.75, 3.05) is 13.1 Å². The zero-order valence-electron chi connectivity index (χ0n) is 9.23. The fourth-order valence-corrected chi connectivity index (χ4v) is 1.55. The van der Waals surface area contributed by atoms with Crippen molar-refractivity contribution in [3.8, 4) is 0 Å². The van der Waals surface area contributed by atoms with E-state index in [1.807, 2.05) is 6.92 Å². The van der Waals surface area contributed by atoms with Gasteiger partial charge in [-0.05, 0) is 18.8 Å². The topological polar surface area (TPSA) is 86.7 Å². The Kier molecular flexibility index (Phi) is 4.28. The number of hydrogen-bond acceptors (Lipinski definition) is 3. The van der Waals surface area contributed by atoms with E-state index in [0.717, 1.165) is 0 Å². The van der Waals surface area contributed by atoms with Gasteiger partial charge in [-0.1, -0.05) is 6.92 Å². The minimum Gasteiger partial charge on any atom is -0.481 e. The molecule has 0 saturated carbocycles. The highest BCUT2D eigenvalue weighted by atomic mass is 16.4.